The Balaban J connectivity index is 1.70. The standard InChI is InChI=1S/C17H24N4O2/c1-20(2)13-17(22)9-6-11-21(12-10-17)16-18-15(23-19-16)14-7-4-3-5-8-14/h3-5,7-8,22H,6,9-13H2,1-2H3/t17-/m1/s1. The average Bonchev–Trinajstić information content (AvgIpc) is 2.93. The predicted molar refractivity (Wildman–Crippen MR) is 89.3 cm³/mol. The molecule has 1 aliphatic heterocycles. The molecule has 0 unspecified atom stereocenters. The number of rotatable bonds is 4. The molecule has 0 bridgehead atoms. The first kappa shape index (κ1) is 16.0. The summed E-state index contributed by atoms with van der Waals surface area (Å²) < 4.78 is 5.39. The summed E-state index contributed by atoms with van der Waals surface area (Å²) in [4.78, 5) is 8.65. The van der Waals surface area contributed by atoms with Crippen molar-refractivity contribution in [3.8, 4) is 11.5 Å². The second kappa shape index (κ2) is 6.68. The van der Waals surface area contributed by atoms with E-state index in [0.29, 0.717) is 24.8 Å². The van der Waals surface area contributed by atoms with E-state index >= 15 is 0 Å². The highest BCUT2D eigenvalue weighted by molar-refractivity contribution is 5.54. The van der Waals surface area contributed by atoms with Crippen molar-refractivity contribution in [1.82, 2.24) is 15.0 Å². The van der Waals surface area contributed by atoms with Crippen molar-refractivity contribution in [1.29, 1.82) is 0 Å². The Kier molecular flexibility index (Phi) is 4.63. The van der Waals surface area contributed by atoms with Crippen molar-refractivity contribution in [2.24, 2.45) is 0 Å². The third-order valence-electron chi connectivity index (χ3n) is 4.25. The Morgan fingerprint density at radius 2 is 2.00 bits per heavy atom. The number of anilines is 1. The van der Waals surface area contributed by atoms with Crippen LogP contribution in [0.25, 0.3) is 11.5 Å². The lowest BCUT2D eigenvalue weighted by Gasteiger charge is -2.29. The summed E-state index contributed by atoms with van der Waals surface area (Å²) in [7, 11) is 3.98. The van der Waals surface area contributed by atoms with Crippen molar-refractivity contribution in [3.05, 3.63) is 30.3 Å². The van der Waals surface area contributed by atoms with Gasteiger partial charge in [-0.1, -0.05) is 18.2 Å². The molecule has 0 saturated carbocycles. The van der Waals surface area contributed by atoms with Gasteiger partial charge in [-0.3, -0.25) is 0 Å². The molecule has 1 N–H and O–H groups in total. The molecule has 124 valence electrons. The zero-order valence-electron chi connectivity index (χ0n) is 13.8. The molecule has 0 spiro atoms. The number of aromatic nitrogens is 2. The van der Waals surface area contributed by atoms with E-state index in [2.05, 4.69) is 15.0 Å². The minimum Gasteiger partial charge on any atom is -0.388 e. The molecule has 1 aromatic heterocycles. The smallest absolute Gasteiger partial charge is 0.266 e. The highest BCUT2D eigenvalue weighted by atomic mass is 16.5. The Labute approximate surface area is 136 Å². The van der Waals surface area contributed by atoms with Gasteiger partial charge in [-0.15, -0.1) is 0 Å². The molecule has 0 radical (unpaired) electrons. The van der Waals surface area contributed by atoms with E-state index in [4.69, 9.17) is 4.52 Å². The lowest BCUT2D eigenvalue weighted by atomic mass is 9.94. The first-order valence-corrected chi connectivity index (χ1v) is 8.07. The minimum atomic E-state index is -0.635. The molecular weight excluding hydrogens is 292 g/mol. The zero-order valence-corrected chi connectivity index (χ0v) is 13.8. The molecule has 23 heavy (non-hydrogen) atoms. The number of hydrogen-bond donors (Lipinski definition) is 1. The van der Waals surface area contributed by atoms with Crippen LogP contribution in [0.4, 0.5) is 5.95 Å². The average molecular weight is 316 g/mol. The van der Waals surface area contributed by atoms with E-state index in [9.17, 15) is 5.11 Å². The van der Waals surface area contributed by atoms with Gasteiger partial charge in [-0.25, -0.2) is 0 Å². The Morgan fingerprint density at radius 3 is 2.74 bits per heavy atom. The van der Waals surface area contributed by atoms with Gasteiger partial charge in [-0.05, 0) is 50.6 Å². The van der Waals surface area contributed by atoms with Crippen molar-refractivity contribution >= 4 is 5.95 Å². The molecule has 2 aromatic rings. The maximum Gasteiger partial charge on any atom is 0.266 e. The number of hydrogen-bond acceptors (Lipinski definition) is 6. The van der Waals surface area contributed by atoms with Crippen LogP contribution >= 0.6 is 0 Å². The monoisotopic (exact) mass is 316 g/mol. The third kappa shape index (κ3) is 3.89. The normalized spacial score (nSPS) is 22.3. The summed E-state index contributed by atoms with van der Waals surface area (Å²) in [5.41, 5.74) is 0.287. The van der Waals surface area contributed by atoms with Crippen LogP contribution in [0.3, 0.4) is 0 Å². The highest BCUT2D eigenvalue weighted by Crippen LogP contribution is 2.26. The lowest BCUT2D eigenvalue weighted by molar-refractivity contribution is 0.00536. The second-order valence-electron chi connectivity index (χ2n) is 6.57. The van der Waals surface area contributed by atoms with Crippen LogP contribution in [-0.2, 0) is 0 Å². The minimum absolute atomic E-state index is 0.536. The molecule has 6 nitrogen and oxygen atoms in total. The van der Waals surface area contributed by atoms with Crippen molar-refractivity contribution < 1.29 is 9.63 Å². The van der Waals surface area contributed by atoms with E-state index in [-0.39, 0.29) is 0 Å². The molecule has 1 saturated heterocycles. The first-order valence-electron chi connectivity index (χ1n) is 8.07. The second-order valence-corrected chi connectivity index (χ2v) is 6.57. The van der Waals surface area contributed by atoms with Crippen LogP contribution < -0.4 is 4.90 Å². The van der Waals surface area contributed by atoms with Crippen molar-refractivity contribution in [3.63, 3.8) is 0 Å². The van der Waals surface area contributed by atoms with Gasteiger partial charge in [0.15, 0.2) is 0 Å². The van der Waals surface area contributed by atoms with E-state index in [1.165, 1.54) is 0 Å². The fourth-order valence-electron chi connectivity index (χ4n) is 3.17. The van der Waals surface area contributed by atoms with E-state index < -0.39 is 5.60 Å². The summed E-state index contributed by atoms with van der Waals surface area (Å²) in [6.45, 7) is 2.25. The van der Waals surface area contributed by atoms with Gasteiger partial charge >= 0.3 is 0 Å². The van der Waals surface area contributed by atoms with Crippen LogP contribution in [-0.4, -0.2) is 59.5 Å². The molecule has 1 aromatic carbocycles. The maximum atomic E-state index is 10.7. The first-order chi connectivity index (χ1) is 11.1. The van der Waals surface area contributed by atoms with E-state index in [0.717, 1.165) is 31.5 Å². The van der Waals surface area contributed by atoms with Crippen molar-refractivity contribution in [2.45, 2.75) is 24.9 Å². The topological polar surface area (TPSA) is 65.6 Å². The number of nitrogens with zero attached hydrogens (tertiary/aromatic N) is 4. The molecule has 0 aliphatic carbocycles. The van der Waals surface area contributed by atoms with Gasteiger partial charge in [0.2, 0.25) is 0 Å². The van der Waals surface area contributed by atoms with Gasteiger partial charge in [0.1, 0.15) is 0 Å². The van der Waals surface area contributed by atoms with Gasteiger partial charge in [0, 0.05) is 25.2 Å². The van der Waals surface area contributed by atoms with Crippen LogP contribution in [0.2, 0.25) is 0 Å². The van der Waals surface area contributed by atoms with E-state index in [1.807, 2.05) is 49.3 Å². The predicted octanol–water partition coefficient (Wildman–Crippen LogP) is 2.02. The van der Waals surface area contributed by atoms with Gasteiger partial charge in [-0.2, -0.15) is 4.98 Å². The van der Waals surface area contributed by atoms with Gasteiger partial charge in [0.05, 0.1) is 5.60 Å². The SMILES string of the molecule is CN(C)C[C@@]1(O)CCCN(c2noc(-c3ccccc3)n2)CC1. The number of benzene rings is 1. The molecule has 1 atom stereocenters. The Hall–Kier alpha value is -1.92. The molecule has 2 heterocycles. The fraction of sp³-hybridized carbons (Fsp3) is 0.529. The molecule has 0 amide bonds. The van der Waals surface area contributed by atoms with Gasteiger partial charge < -0.3 is 19.4 Å². The Bertz CT molecular complexity index is 629. The van der Waals surface area contributed by atoms with Crippen LogP contribution in [0.15, 0.2) is 34.9 Å². The molecular formula is C17H24N4O2. The van der Waals surface area contributed by atoms with Crippen LogP contribution in [0, 0.1) is 0 Å². The van der Waals surface area contributed by atoms with Gasteiger partial charge in [0.25, 0.3) is 11.8 Å². The van der Waals surface area contributed by atoms with Crippen LogP contribution in [0.5, 0.6) is 0 Å². The fourth-order valence-corrected chi connectivity index (χ4v) is 3.17. The molecule has 1 aliphatic rings. The zero-order chi connectivity index (χ0) is 16.3. The summed E-state index contributed by atoms with van der Waals surface area (Å²) in [6, 6.07) is 9.77. The quantitative estimate of drug-likeness (QED) is 0.931. The molecule has 6 heteroatoms. The summed E-state index contributed by atoms with van der Waals surface area (Å²) in [5.74, 6) is 1.14. The lowest BCUT2D eigenvalue weighted by Crippen LogP contribution is -2.41. The van der Waals surface area contributed by atoms with Crippen LogP contribution in [0.1, 0.15) is 19.3 Å². The summed E-state index contributed by atoms with van der Waals surface area (Å²) in [5, 5.41) is 14.9. The highest BCUT2D eigenvalue weighted by Gasteiger charge is 2.31. The summed E-state index contributed by atoms with van der Waals surface area (Å²) >= 11 is 0. The third-order valence-corrected chi connectivity index (χ3v) is 4.25. The Morgan fingerprint density at radius 1 is 1.22 bits per heavy atom. The number of likely N-dealkylation sites (N-methyl/N-ethyl adjacent to an activating group) is 1. The number of aliphatic hydroxyl groups is 1. The largest absolute Gasteiger partial charge is 0.388 e. The summed E-state index contributed by atoms with van der Waals surface area (Å²) in [6.07, 6.45) is 2.42. The van der Waals surface area contributed by atoms with E-state index in [1.54, 1.807) is 0 Å². The maximum absolute atomic E-state index is 10.7. The van der Waals surface area contributed by atoms with Crippen molar-refractivity contribution in [2.75, 3.05) is 38.6 Å². The molecule has 3 rings (SSSR count). The molecule has 1 fully saturated rings.